The van der Waals surface area contributed by atoms with Crippen LogP contribution in [0, 0.1) is 5.82 Å². The van der Waals surface area contributed by atoms with E-state index in [0.29, 0.717) is 0 Å². The Kier molecular flexibility index (Phi) is 3.31. The van der Waals surface area contributed by atoms with Crippen molar-refractivity contribution in [3.05, 3.63) is 41.7 Å². The van der Waals surface area contributed by atoms with Gasteiger partial charge in [-0.2, -0.15) is 12.6 Å². The Labute approximate surface area is 95.0 Å². The number of thiol groups is 1. The van der Waals surface area contributed by atoms with Crippen LogP contribution in [0.1, 0.15) is 5.56 Å². The van der Waals surface area contributed by atoms with Gasteiger partial charge >= 0.3 is 0 Å². The van der Waals surface area contributed by atoms with Crippen molar-refractivity contribution in [3.63, 3.8) is 0 Å². The number of hydrogen-bond donors (Lipinski definition) is 1. The molecule has 0 aliphatic carbocycles. The second-order valence-corrected chi connectivity index (χ2v) is 3.99. The van der Waals surface area contributed by atoms with Crippen molar-refractivity contribution in [1.29, 1.82) is 0 Å². The molecule has 0 amide bonds. The molecule has 15 heavy (non-hydrogen) atoms. The Bertz CT molecular complexity index is 376. The lowest BCUT2D eigenvalue weighted by Gasteiger charge is -2.16. The lowest BCUT2D eigenvalue weighted by molar-refractivity contribution is 0.627. The molecule has 0 saturated carbocycles. The molecule has 80 valence electrons. The summed E-state index contributed by atoms with van der Waals surface area (Å²) in [5, 5.41) is 0. The Balaban J connectivity index is 2.13. The number of anilines is 1. The van der Waals surface area contributed by atoms with Crippen LogP contribution >= 0.6 is 12.6 Å². The van der Waals surface area contributed by atoms with Crippen molar-refractivity contribution in [1.82, 2.24) is 0 Å². The summed E-state index contributed by atoms with van der Waals surface area (Å²) < 4.78 is 13.1. The second-order valence-electron chi connectivity index (χ2n) is 3.62. The third kappa shape index (κ3) is 2.34. The van der Waals surface area contributed by atoms with Crippen molar-refractivity contribution < 1.29 is 4.39 Å². The first-order valence-electron chi connectivity index (χ1n) is 5.10. The van der Waals surface area contributed by atoms with Crippen LogP contribution in [0.2, 0.25) is 0 Å². The van der Waals surface area contributed by atoms with Gasteiger partial charge in [-0.25, -0.2) is 4.39 Å². The summed E-state index contributed by atoms with van der Waals surface area (Å²) in [5.41, 5.74) is 2.29. The second kappa shape index (κ2) is 4.71. The molecule has 3 heteroatoms. The largest absolute Gasteiger partial charge is 0.367 e. The van der Waals surface area contributed by atoms with Crippen molar-refractivity contribution in [2.75, 3.05) is 23.7 Å². The first kappa shape index (κ1) is 10.6. The number of nitrogens with zero attached hydrogens (tertiary/aromatic N) is 1. The molecular formula is C12H14FNS. The molecule has 1 aromatic carbocycles. The lowest BCUT2D eigenvalue weighted by atomic mass is 10.2. The molecule has 0 atom stereocenters. The van der Waals surface area contributed by atoms with Gasteiger partial charge in [-0.05, 0) is 24.1 Å². The number of halogens is 1. The maximum Gasteiger partial charge on any atom is 0.125 e. The van der Waals surface area contributed by atoms with E-state index in [9.17, 15) is 4.39 Å². The molecular weight excluding hydrogens is 209 g/mol. The van der Waals surface area contributed by atoms with Gasteiger partial charge in [-0.15, -0.1) is 0 Å². The van der Waals surface area contributed by atoms with E-state index in [0.717, 1.165) is 31.0 Å². The zero-order chi connectivity index (χ0) is 10.7. The fourth-order valence-corrected chi connectivity index (χ4v) is 2.03. The number of benzene rings is 1. The van der Waals surface area contributed by atoms with Crippen LogP contribution in [0.15, 0.2) is 30.4 Å². The molecule has 0 radical (unpaired) electrons. The number of hydrogen-bond acceptors (Lipinski definition) is 2. The average Bonchev–Trinajstić information content (AvgIpc) is 2.62. The molecule has 0 bridgehead atoms. The molecule has 1 nitrogen and oxygen atoms in total. The molecule has 2 rings (SSSR count). The van der Waals surface area contributed by atoms with E-state index in [4.69, 9.17) is 0 Å². The van der Waals surface area contributed by atoms with Gasteiger partial charge in [0.1, 0.15) is 5.82 Å². The van der Waals surface area contributed by atoms with Crippen molar-refractivity contribution >= 4 is 18.3 Å². The Morgan fingerprint density at radius 1 is 1.40 bits per heavy atom. The van der Waals surface area contributed by atoms with Crippen LogP contribution < -0.4 is 4.90 Å². The van der Waals surface area contributed by atoms with Gasteiger partial charge in [0.25, 0.3) is 0 Å². The fourth-order valence-electron chi connectivity index (χ4n) is 1.88. The zero-order valence-electron chi connectivity index (χ0n) is 8.49. The van der Waals surface area contributed by atoms with E-state index >= 15 is 0 Å². The normalized spacial score (nSPS) is 14.9. The Hall–Kier alpha value is -0.960. The van der Waals surface area contributed by atoms with Gasteiger partial charge in [-0.1, -0.05) is 18.2 Å². The van der Waals surface area contributed by atoms with Gasteiger partial charge in [0.15, 0.2) is 0 Å². The summed E-state index contributed by atoms with van der Waals surface area (Å²) in [5.74, 6) is 0.600. The minimum atomic E-state index is -0.154. The third-order valence-corrected chi connectivity index (χ3v) is 2.85. The summed E-state index contributed by atoms with van der Waals surface area (Å²) in [4.78, 5) is 2.19. The highest BCUT2D eigenvalue weighted by molar-refractivity contribution is 7.80. The maximum atomic E-state index is 13.1. The average molecular weight is 223 g/mol. The fraction of sp³-hybridized carbons (Fsp3) is 0.333. The van der Waals surface area contributed by atoms with Crippen LogP contribution in [0.25, 0.3) is 0 Å². The summed E-state index contributed by atoms with van der Waals surface area (Å²) in [6.45, 7) is 1.83. The van der Waals surface area contributed by atoms with E-state index in [1.54, 1.807) is 6.07 Å². The molecule has 0 saturated heterocycles. The van der Waals surface area contributed by atoms with Gasteiger partial charge in [0.05, 0.1) is 0 Å². The van der Waals surface area contributed by atoms with Crippen LogP contribution in [0.5, 0.6) is 0 Å². The summed E-state index contributed by atoms with van der Waals surface area (Å²) in [6, 6.07) is 5.04. The molecule has 1 aliphatic heterocycles. The molecule has 0 aromatic heterocycles. The highest BCUT2D eigenvalue weighted by Gasteiger charge is 2.17. The van der Waals surface area contributed by atoms with E-state index in [-0.39, 0.29) is 5.82 Å². The van der Waals surface area contributed by atoms with Crippen molar-refractivity contribution in [3.8, 4) is 0 Å². The number of fused-ring (bicyclic) bond motifs is 1. The molecule has 1 aliphatic rings. The van der Waals surface area contributed by atoms with E-state index < -0.39 is 0 Å². The Morgan fingerprint density at radius 3 is 3.07 bits per heavy atom. The van der Waals surface area contributed by atoms with E-state index in [1.807, 2.05) is 12.1 Å². The van der Waals surface area contributed by atoms with E-state index in [1.165, 1.54) is 11.6 Å². The molecule has 0 N–H and O–H groups in total. The topological polar surface area (TPSA) is 3.24 Å². The third-order valence-electron chi connectivity index (χ3n) is 2.64. The Morgan fingerprint density at radius 2 is 2.27 bits per heavy atom. The molecule has 0 fully saturated rings. The van der Waals surface area contributed by atoms with Crippen LogP contribution in [0.3, 0.4) is 0 Å². The highest BCUT2D eigenvalue weighted by atomic mass is 32.1. The summed E-state index contributed by atoms with van der Waals surface area (Å²) >= 11 is 4.10. The molecule has 0 unspecified atom stereocenters. The quantitative estimate of drug-likeness (QED) is 0.609. The minimum Gasteiger partial charge on any atom is -0.367 e. The monoisotopic (exact) mass is 223 g/mol. The van der Waals surface area contributed by atoms with Crippen LogP contribution in [-0.2, 0) is 6.42 Å². The minimum absolute atomic E-state index is 0.154. The summed E-state index contributed by atoms with van der Waals surface area (Å²) in [7, 11) is 0. The lowest BCUT2D eigenvalue weighted by Crippen LogP contribution is -2.20. The summed E-state index contributed by atoms with van der Waals surface area (Å²) in [6.07, 6.45) is 5.11. The van der Waals surface area contributed by atoms with Crippen LogP contribution in [-0.4, -0.2) is 18.8 Å². The SMILES string of the molecule is Fc1ccc2c(c1)N(C/C=C/CS)CC2. The van der Waals surface area contributed by atoms with Gasteiger partial charge in [0.2, 0.25) is 0 Å². The molecule has 1 heterocycles. The van der Waals surface area contributed by atoms with Crippen molar-refractivity contribution in [2.45, 2.75) is 6.42 Å². The predicted molar refractivity (Wildman–Crippen MR) is 65.3 cm³/mol. The smallest absolute Gasteiger partial charge is 0.125 e. The van der Waals surface area contributed by atoms with Gasteiger partial charge in [0, 0.05) is 24.5 Å². The zero-order valence-corrected chi connectivity index (χ0v) is 9.38. The van der Waals surface area contributed by atoms with Crippen LogP contribution in [0.4, 0.5) is 10.1 Å². The van der Waals surface area contributed by atoms with Gasteiger partial charge < -0.3 is 4.90 Å². The number of rotatable bonds is 3. The van der Waals surface area contributed by atoms with Gasteiger partial charge in [-0.3, -0.25) is 0 Å². The first-order chi connectivity index (χ1) is 7.31. The molecule has 1 aromatic rings. The highest BCUT2D eigenvalue weighted by Crippen LogP contribution is 2.28. The van der Waals surface area contributed by atoms with Crippen molar-refractivity contribution in [2.24, 2.45) is 0 Å². The first-order valence-corrected chi connectivity index (χ1v) is 5.74. The maximum absolute atomic E-state index is 13.1. The molecule has 0 spiro atoms. The standard InChI is InChI=1S/C12H14FNS/c13-11-4-3-10-5-7-14(12(10)9-11)6-1-2-8-15/h1-4,9,15H,5-8H2/b2-1+. The predicted octanol–water partition coefficient (Wildman–Crippen LogP) is 2.67. The van der Waals surface area contributed by atoms with E-state index in [2.05, 4.69) is 23.6 Å².